The van der Waals surface area contributed by atoms with Crippen LogP contribution in [0.15, 0.2) is 76.9 Å². The van der Waals surface area contributed by atoms with Gasteiger partial charge in [-0.15, -0.1) is 5.10 Å². The minimum atomic E-state index is -0.189. The maximum Gasteiger partial charge on any atom is 0.243 e. The van der Waals surface area contributed by atoms with E-state index in [4.69, 9.17) is 16.7 Å². The van der Waals surface area contributed by atoms with E-state index in [0.717, 1.165) is 55.4 Å². The lowest BCUT2D eigenvalue weighted by Gasteiger charge is -2.50. The number of anilines is 1. The Bertz CT molecular complexity index is 1610. The summed E-state index contributed by atoms with van der Waals surface area (Å²) in [5.41, 5.74) is 5.83. The summed E-state index contributed by atoms with van der Waals surface area (Å²) in [4.78, 5) is 14.4. The number of aliphatic hydroxyl groups is 1. The Morgan fingerprint density at radius 2 is 1.86 bits per heavy atom. The first kappa shape index (κ1) is 28.6. The summed E-state index contributed by atoms with van der Waals surface area (Å²) in [5, 5.41) is 32.5. The molecule has 3 aromatic carbocycles. The summed E-state index contributed by atoms with van der Waals surface area (Å²) < 4.78 is 0. The number of aliphatic hydroxyl groups excluding tert-OH is 1. The molecule has 2 saturated carbocycles. The summed E-state index contributed by atoms with van der Waals surface area (Å²) in [5.74, 6) is 2.12. The Kier molecular flexibility index (Phi) is 7.60. The number of phenols is 1. The smallest absolute Gasteiger partial charge is 0.243 e. The molecule has 7 rings (SSSR count). The third-order valence-corrected chi connectivity index (χ3v) is 11.6. The van der Waals surface area contributed by atoms with E-state index in [1.54, 1.807) is 17.0 Å². The summed E-state index contributed by atoms with van der Waals surface area (Å²) in [6.07, 6.45) is 6.45. The molecule has 0 bridgehead atoms. The third kappa shape index (κ3) is 5.19. The van der Waals surface area contributed by atoms with Crippen LogP contribution in [0.5, 0.6) is 5.75 Å². The van der Waals surface area contributed by atoms with Crippen molar-refractivity contribution in [3.63, 3.8) is 0 Å². The normalized spacial score (nSPS) is 29.5. The van der Waals surface area contributed by atoms with Crippen LogP contribution in [0, 0.1) is 17.3 Å². The molecule has 1 saturated heterocycles. The third-order valence-electron chi connectivity index (χ3n) is 10.4. The van der Waals surface area contributed by atoms with Gasteiger partial charge in [-0.05, 0) is 109 Å². The van der Waals surface area contributed by atoms with Gasteiger partial charge in [0.1, 0.15) is 5.75 Å². The molecule has 0 spiro atoms. The molecule has 6 nitrogen and oxygen atoms in total. The van der Waals surface area contributed by atoms with Crippen LogP contribution in [0.2, 0.25) is 5.02 Å². The number of rotatable bonds is 5. The van der Waals surface area contributed by atoms with Crippen LogP contribution in [-0.4, -0.2) is 38.9 Å². The van der Waals surface area contributed by atoms with Crippen molar-refractivity contribution in [1.82, 2.24) is 0 Å². The number of halogens is 1. The number of phenolic OH excluding ortho intramolecular Hbond substituents is 1. The van der Waals surface area contributed by atoms with E-state index < -0.39 is 0 Å². The van der Waals surface area contributed by atoms with Crippen molar-refractivity contribution in [2.45, 2.75) is 63.9 Å². The Morgan fingerprint density at radius 3 is 2.65 bits per heavy atom. The summed E-state index contributed by atoms with van der Waals surface area (Å²) in [6, 6.07) is 21.2. The largest absolute Gasteiger partial charge is 0.508 e. The van der Waals surface area contributed by atoms with E-state index in [1.165, 1.54) is 22.9 Å². The molecule has 4 aliphatic rings. The number of benzene rings is 3. The van der Waals surface area contributed by atoms with Gasteiger partial charge in [0.25, 0.3) is 0 Å². The fourth-order valence-corrected chi connectivity index (χ4v) is 9.10. The summed E-state index contributed by atoms with van der Waals surface area (Å²) >= 11 is 7.44. The number of amidine groups is 1. The first-order valence-corrected chi connectivity index (χ1v) is 16.6. The number of fused-ring (bicyclic) bond motifs is 5. The van der Waals surface area contributed by atoms with Gasteiger partial charge in [-0.1, -0.05) is 66.7 Å². The average Bonchev–Trinajstić information content (AvgIpc) is 3.54. The number of hydrogen-bond donors (Lipinski definition) is 2. The van der Waals surface area contributed by atoms with Gasteiger partial charge in [-0.2, -0.15) is 5.10 Å². The zero-order chi connectivity index (χ0) is 29.7. The van der Waals surface area contributed by atoms with Gasteiger partial charge in [0.05, 0.1) is 23.3 Å². The highest BCUT2D eigenvalue weighted by atomic mass is 35.5. The second kappa shape index (κ2) is 11.4. The van der Waals surface area contributed by atoms with Crippen LogP contribution < -0.4 is 4.90 Å². The minimum Gasteiger partial charge on any atom is -0.508 e. The van der Waals surface area contributed by atoms with E-state index in [-0.39, 0.29) is 17.4 Å². The van der Waals surface area contributed by atoms with Gasteiger partial charge in [0.2, 0.25) is 5.91 Å². The zero-order valence-corrected chi connectivity index (χ0v) is 25.8. The average molecular weight is 614 g/mol. The molecular weight excluding hydrogens is 578 g/mol. The van der Waals surface area contributed by atoms with Crippen LogP contribution in [0.25, 0.3) is 0 Å². The SMILES string of the molecule is C[C@]12CCC3c4cc(C/C(=N/N=C5\SCC(=O)N5c5ccc(Cl)cc5)c5ccccc5)c(O)cc4CCC3C1CC[C@@H]2O. The van der Waals surface area contributed by atoms with E-state index >= 15 is 0 Å². The molecule has 3 fully saturated rings. The van der Waals surface area contributed by atoms with Crippen molar-refractivity contribution in [2.75, 3.05) is 10.7 Å². The van der Waals surface area contributed by atoms with Crippen LogP contribution in [0.4, 0.5) is 5.69 Å². The van der Waals surface area contributed by atoms with Crippen LogP contribution in [0.3, 0.4) is 0 Å². The van der Waals surface area contributed by atoms with Gasteiger partial charge < -0.3 is 10.2 Å². The van der Waals surface area contributed by atoms with Crippen molar-refractivity contribution in [3.05, 3.63) is 94.0 Å². The molecule has 222 valence electrons. The molecule has 2 N–H and O–H groups in total. The highest BCUT2D eigenvalue weighted by Crippen LogP contribution is 2.61. The zero-order valence-electron chi connectivity index (χ0n) is 24.2. The number of thioether (sulfide) groups is 1. The molecule has 8 heteroatoms. The van der Waals surface area contributed by atoms with Crippen LogP contribution >= 0.6 is 23.4 Å². The summed E-state index contributed by atoms with van der Waals surface area (Å²) in [7, 11) is 0. The molecule has 3 aliphatic carbocycles. The lowest BCUT2D eigenvalue weighted by molar-refractivity contribution is -0.115. The molecular formula is C35H36ClN3O3S. The standard InChI is InChI=1S/C35H36ClN3O3S/c1-35-16-15-26-27(29(35)13-14-32(35)41)12-7-22-19-31(40)23(17-28(22)26)18-30(21-5-3-2-4-6-21)37-38-34-39(33(42)20-43-34)25-10-8-24(36)9-11-25/h2-6,8-11,17,19,26-27,29,32,40-41H,7,12-16,18,20H2,1H3/b37-30-,38-34-/t26?,27?,29?,32-,35-/m0/s1. The Morgan fingerprint density at radius 1 is 1.07 bits per heavy atom. The second-order valence-corrected chi connectivity index (χ2v) is 14.1. The molecule has 1 heterocycles. The molecule has 1 aliphatic heterocycles. The van der Waals surface area contributed by atoms with Gasteiger partial charge in [0, 0.05) is 17.0 Å². The minimum absolute atomic E-state index is 0.0320. The van der Waals surface area contributed by atoms with Crippen LogP contribution in [-0.2, 0) is 17.6 Å². The predicted molar refractivity (Wildman–Crippen MR) is 174 cm³/mol. The van der Waals surface area contributed by atoms with Crippen LogP contribution in [0.1, 0.15) is 67.2 Å². The number of aryl methyl sites for hydroxylation is 1. The molecule has 5 atom stereocenters. The first-order chi connectivity index (χ1) is 20.8. The predicted octanol–water partition coefficient (Wildman–Crippen LogP) is 7.35. The number of nitrogens with zero attached hydrogens (tertiary/aromatic N) is 3. The molecule has 0 aromatic heterocycles. The van der Waals surface area contributed by atoms with Crippen molar-refractivity contribution in [2.24, 2.45) is 27.5 Å². The van der Waals surface area contributed by atoms with E-state index in [9.17, 15) is 15.0 Å². The summed E-state index contributed by atoms with van der Waals surface area (Å²) in [6.45, 7) is 2.30. The Balaban J connectivity index is 1.22. The molecule has 43 heavy (non-hydrogen) atoms. The first-order valence-electron chi connectivity index (χ1n) is 15.3. The van der Waals surface area contributed by atoms with Gasteiger partial charge >= 0.3 is 0 Å². The highest BCUT2D eigenvalue weighted by molar-refractivity contribution is 8.15. The number of aromatic hydroxyl groups is 1. The Hall–Kier alpha value is -3.13. The van der Waals surface area contributed by atoms with Gasteiger partial charge in [0.15, 0.2) is 5.17 Å². The maximum atomic E-state index is 12.8. The number of carbonyl (C=O) groups is 1. The topological polar surface area (TPSA) is 85.5 Å². The fraction of sp³-hybridized carbons (Fsp3) is 0.400. The lowest BCUT2D eigenvalue weighted by atomic mass is 9.55. The van der Waals surface area contributed by atoms with E-state index in [2.05, 4.69) is 18.1 Å². The van der Waals surface area contributed by atoms with Gasteiger partial charge in [-0.25, -0.2) is 0 Å². The van der Waals surface area contributed by atoms with E-state index in [0.29, 0.717) is 51.6 Å². The maximum absolute atomic E-state index is 12.8. The number of carbonyl (C=O) groups excluding carboxylic acids is 1. The van der Waals surface area contributed by atoms with Gasteiger partial charge in [-0.3, -0.25) is 9.69 Å². The molecule has 3 unspecified atom stereocenters. The highest BCUT2D eigenvalue weighted by Gasteiger charge is 2.54. The van der Waals surface area contributed by atoms with Crippen molar-refractivity contribution in [1.29, 1.82) is 0 Å². The fourth-order valence-electron chi connectivity index (χ4n) is 8.16. The Labute approximate surface area is 261 Å². The lowest BCUT2D eigenvalue weighted by Crippen LogP contribution is -2.43. The van der Waals surface area contributed by atoms with Crippen molar-refractivity contribution < 1.29 is 15.0 Å². The molecule has 3 aromatic rings. The number of hydrogen-bond acceptors (Lipinski definition) is 6. The number of amides is 1. The molecule has 1 amide bonds. The van der Waals surface area contributed by atoms with Crippen molar-refractivity contribution in [3.8, 4) is 5.75 Å². The molecule has 0 radical (unpaired) electrons. The monoisotopic (exact) mass is 613 g/mol. The van der Waals surface area contributed by atoms with E-state index in [1.807, 2.05) is 48.5 Å². The second-order valence-electron chi connectivity index (χ2n) is 12.7. The quantitative estimate of drug-likeness (QED) is 0.233. The van der Waals surface area contributed by atoms with Crippen molar-refractivity contribution >= 4 is 45.8 Å².